The highest BCUT2D eigenvalue weighted by atomic mass is 32.2. The Morgan fingerprint density at radius 3 is 2.90 bits per heavy atom. The van der Waals surface area contributed by atoms with Gasteiger partial charge in [-0.25, -0.2) is 12.7 Å². The van der Waals surface area contributed by atoms with E-state index in [9.17, 15) is 13.5 Å². The van der Waals surface area contributed by atoms with Gasteiger partial charge in [-0.3, -0.25) is 4.98 Å². The lowest BCUT2D eigenvalue weighted by Crippen LogP contribution is -2.39. The molecule has 1 saturated heterocycles. The van der Waals surface area contributed by atoms with Crippen molar-refractivity contribution in [2.24, 2.45) is 5.92 Å². The number of hydrogen-bond donors (Lipinski definition) is 1. The van der Waals surface area contributed by atoms with Crippen molar-refractivity contribution in [3.63, 3.8) is 0 Å². The van der Waals surface area contributed by atoms with Gasteiger partial charge in [0.05, 0.1) is 18.1 Å². The zero-order valence-corrected chi connectivity index (χ0v) is 12.8. The molecule has 1 fully saturated rings. The smallest absolute Gasteiger partial charge is 0.211 e. The van der Waals surface area contributed by atoms with Crippen molar-refractivity contribution < 1.29 is 13.5 Å². The number of aliphatic hydroxyl groups excluding tert-OH is 1. The summed E-state index contributed by atoms with van der Waals surface area (Å²) in [5, 5.41) is 10.3. The number of nitrogens with zero attached hydrogens (tertiary/aromatic N) is 2. The molecule has 5 nitrogen and oxygen atoms in total. The van der Waals surface area contributed by atoms with E-state index in [0.717, 1.165) is 18.5 Å². The highest BCUT2D eigenvalue weighted by molar-refractivity contribution is 7.88. The Kier molecular flexibility index (Phi) is 4.78. The Bertz CT molecular complexity index is 559. The van der Waals surface area contributed by atoms with Crippen LogP contribution in [0, 0.1) is 12.8 Å². The van der Waals surface area contributed by atoms with Crippen LogP contribution in [-0.2, 0) is 10.0 Å². The maximum Gasteiger partial charge on any atom is 0.211 e. The molecule has 1 aliphatic heterocycles. The van der Waals surface area contributed by atoms with Gasteiger partial charge in [0.15, 0.2) is 0 Å². The van der Waals surface area contributed by atoms with E-state index in [4.69, 9.17) is 0 Å². The summed E-state index contributed by atoms with van der Waals surface area (Å²) in [5.41, 5.74) is 1.55. The van der Waals surface area contributed by atoms with Gasteiger partial charge in [0.1, 0.15) is 0 Å². The first-order valence-corrected chi connectivity index (χ1v) is 8.78. The third-order valence-electron chi connectivity index (χ3n) is 3.76. The Morgan fingerprint density at radius 1 is 1.50 bits per heavy atom. The number of hydrogen-bond acceptors (Lipinski definition) is 4. The first-order chi connectivity index (χ1) is 9.36. The van der Waals surface area contributed by atoms with Crippen molar-refractivity contribution in [1.29, 1.82) is 0 Å². The predicted molar refractivity (Wildman–Crippen MR) is 77.7 cm³/mol. The molecule has 0 spiro atoms. The SMILES string of the molecule is Cc1cccc(C(O)CC2CCCN(S(C)(=O)=O)C2)n1. The quantitative estimate of drug-likeness (QED) is 0.914. The molecule has 0 aromatic carbocycles. The third-order valence-corrected chi connectivity index (χ3v) is 5.03. The number of pyridine rings is 1. The molecule has 0 bridgehead atoms. The van der Waals surface area contributed by atoms with E-state index >= 15 is 0 Å². The maximum absolute atomic E-state index is 11.6. The van der Waals surface area contributed by atoms with Crippen LogP contribution in [0.3, 0.4) is 0 Å². The molecule has 112 valence electrons. The number of sulfonamides is 1. The Morgan fingerprint density at radius 2 is 2.25 bits per heavy atom. The number of rotatable bonds is 4. The summed E-state index contributed by atoms with van der Waals surface area (Å²) >= 11 is 0. The molecule has 2 atom stereocenters. The van der Waals surface area contributed by atoms with Gasteiger partial charge in [0, 0.05) is 18.8 Å². The summed E-state index contributed by atoms with van der Waals surface area (Å²) in [6, 6.07) is 5.58. The van der Waals surface area contributed by atoms with Crippen molar-refractivity contribution in [3.8, 4) is 0 Å². The number of piperidine rings is 1. The van der Waals surface area contributed by atoms with Crippen LogP contribution in [0.5, 0.6) is 0 Å². The second-order valence-corrected chi connectivity index (χ2v) is 7.57. The van der Waals surface area contributed by atoms with E-state index in [1.165, 1.54) is 10.6 Å². The van der Waals surface area contributed by atoms with Crippen LogP contribution in [0.1, 0.15) is 36.8 Å². The molecule has 0 radical (unpaired) electrons. The fraction of sp³-hybridized carbons (Fsp3) is 0.643. The Labute approximate surface area is 120 Å². The topological polar surface area (TPSA) is 70.5 Å². The predicted octanol–water partition coefficient (Wildman–Crippen LogP) is 1.49. The molecule has 0 saturated carbocycles. The summed E-state index contributed by atoms with van der Waals surface area (Å²) < 4.78 is 24.7. The van der Waals surface area contributed by atoms with Crippen LogP contribution < -0.4 is 0 Å². The molecule has 2 rings (SSSR count). The molecule has 0 aliphatic carbocycles. The highest BCUT2D eigenvalue weighted by Gasteiger charge is 2.27. The minimum Gasteiger partial charge on any atom is -0.387 e. The average molecular weight is 298 g/mol. The van der Waals surface area contributed by atoms with E-state index in [1.807, 2.05) is 25.1 Å². The van der Waals surface area contributed by atoms with Crippen molar-refractivity contribution >= 4 is 10.0 Å². The molecule has 20 heavy (non-hydrogen) atoms. The van der Waals surface area contributed by atoms with Crippen molar-refractivity contribution in [2.75, 3.05) is 19.3 Å². The van der Waals surface area contributed by atoms with Gasteiger partial charge in [-0.2, -0.15) is 0 Å². The van der Waals surface area contributed by atoms with E-state index in [0.29, 0.717) is 25.2 Å². The van der Waals surface area contributed by atoms with Gasteiger partial charge >= 0.3 is 0 Å². The second-order valence-electron chi connectivity index (χ2n) is 5.58. The van der Waals surface area contributed by atoms with Gasteiger partial charge < -0.3 is 5.11 Å². The Balaban J connectivity index is 1.99. The van der Waals surface area contributed by atoms with E-state index in [-0.39, 0.29) is 5.92 Å². The normalized spacial score (nSPS) is 22.6. The van der Waals surface area contributed by atoms with Crippen molar-refractivity contribution in [3.05, 3.63) is 29.6 Å². The number of aliphatic hydroxyl groups is 1. The molecule has 6 heteroatoms. The number of aryl methyl sites for hydroxylation is 1. The van der Waals surface area contributed by atoms with Crippen LogP contribution in [0.4, 0.5) is 0 Å². The summed E-state index contributed by atoms with van der Waals surface area (Å²) in [6.07, 6.45) is 2.98. The molecule has 2 heterocycles. The fourth-order valence-corrected chi connectivity index (χ4v) is 3.65. The minimum atomic E-state index is -3.13. The van der Waals surface area contributed by atoms with Gasteiger partial charge in [-0.05, 0) is 44.2 Å². The summed E-state index contributed by atoms with van der Waals surface area (Å²) in [7, 11) is -3.13. The molecular formula is C14H22N2O3S. The molecular weight excluding hydrogens is 276 g/mol. The zero-order valence-electron chi connectivity index (χ0n) is 12.0. The lowest BCUT2D eigenvalue weighted by Gasteiger charge is -2.31. The lowest BCUT2D eigenvalue weighted by molar-refractivity contribution is 0.119. The van der Waals surface area contributed by atoms with Gasteiger partial charge in [-0.1, -0.05) is 6.07 Å². The molecule has 2 unspecified atom stereocenters. The first-order valence-electron chi connectivity index (χ1n) is 6.93. The van der Waals surface area contributed by atoms with Crippen LogP contribution in [-0.4, -0.2) is 42.2 Å². The van der Waals surface area contributed by atoms with Crippen molar-refractivity contribution in [1.82, 2.24) is 9.29 Å². The zero-order chi connectivity index (χ0) is 14.8. The number of aromatic nitrogens is 1. The molecule has 1 aliphatic rings. The van der Waals surface area contributed by atoms with Crippen LogP contribution in [0.2, 0.25) is 0 Å². The van der Waals surface area contributed by atoms with Crippen LogP contribution in [0.15, 0.2) is 18.2 Å². The fourth-order valence-electron chi connectivity index (χ4n) is 2.71. The van der Waals surface area contributed by atoms with Gasteiger partial charge in [0.25, 0.3) is 0 Å². The first kappa shape index (κ1) is 15.4. The third kappa shape index (κ3) is 4.01. The second kappa shape index (κ2) is 6.20. The highest BCUT2D eigenvalue weighted by Crippen LogP contribution is 2.27. The van der Waals surface area contributed by atoms with Gasteiger partial charge in [0.2, 0.25) is 10.0 Å². The molecule has 1 aromatic rings. The van der Waals surface area contributed by atoms with E-state index in [2.05, 4.69) is 4.98 Å². The largest absolute Gasteiger partial charge is 0.387 e. The van der Waals surface area contributed by atoms with Crippen LogP contribution >= 0.6 is 0 Å². The average Bonchev–Trinajstić information content (AvgIpc) is 2.38. The molecule has 1 aromatic heterocycles. The van der Waals surface area contributed by atoms with E-state index < -0.39 is 16.1 Å². The standard InChI is InChI=1S/C14H22N2O3S/c1-11-5-3-7-13(15-11)14(17)9-12-6-4-8-16(10-12)20(2,18)19/h3,5,7,12,14,17H,4,6,8-10H2,1-2H3. The monoisotopic (exact) mass is 298 g/mol. The van der Waals surface area contributed by atoms with Crippen molar-refractivity contribution in [2.45, 2.75) is 32.3 Å². The summed E-state index contributed by atoms with van der Waals surface area (Å²) in [4.78, 5) is 4.32. The van der Waals surface area contributed by atoms with E-state index in [1.54, 1.807) is 0 Å². The summed E-state index contributed by atoms with van der Waals surface area (Å²) in [6.45, 7) is 2.98. The van der Waals surface area contributed by atoms with Crippen LogP contribution in [0.25, 0.3) is 0 Å². The minimum absolute atomic E-state index is 0.191. The lowest BCUT2D eigenvalue weighted by atomic mass is 9.92. The Hall–Kier alpha value is -0.980. The molecule has 1 N–H and O–H groups in total. The summed E-state index contributed by atoms with van der Waals surface area (Å²) in [5.74, 6) is 0.191. The molecule has 0 amide bonds. The maximum atomic E-state index is 11.6. The van der Waals surface area contributed by atoms with Gasteiger partial charge in [-0.15, -0.1) is 0 Å².